The first-order valence-corrected chi connectivity index (χ1v) is 5.23. The molecule has 0 atom stereocenters. The Hall–Kier alpha value is -2.83. The molecule has 96 valence electrons. The summed E-state index contributed by atoms with van der Waals surface area (Å²) in [6, 6.07) is 5.86. The van der Waals surface area contributed by atoms with Crippen LogP contribution in [0.3, 0.4) is 0 Å². The average Bonchev–Trinajstić information content (AvgIpc) is 2.41. The van der Waals surface area contributed by atoms with E-state index in [2.05, 4.69) is 10.3 Å². The maximum atomic E-state index is 12.9. The molecule has 0 aliphatic carbocycles. The van der Waals surface area contributed by atoms with Gasteiger partial charge in [-0.25, -0.2) is 4.39 Å². The van der Waals surface area contributed by atoms with E-state index in [-0.39, 0.29) is 5.69 Å². The summed E-state index contributed by atoms with van der Waals surface area (Å²) in [7, 11) is 0. The molecule has 0 radical (unpaired) electrons. The van der Waals surface area contributed by atoms with Crippen molar-refractivity contribution in [2.24, 2.45) is 0 Å². The monoisotopic (exact) mass is 261 g/mol. The van der Waals surface area contributed by atoms with Crippen LogP contribution in [0.1, 0.15) is 10.4 Å². The van der Waals surface area contributed by atoms with Gasteiger partial charge in [-0.3, -0.25) is 19.9 Å². The van der Waals surface area contributed by atoms with Gasteiger partial charge < -0.3 is 5.32 Å². The van der Waals surface area contributed by atoms with Crippen LogP contribution in [0.25, 0.3) is 0 Å². The van der Waals surface area contributed by atoms with Crippen molar-refractivity contribution in [3.05, 3.63) is 64.2 Å². The second kappa shape index (κ2) is 5.21. The lowest BCUT2D eigenvalue weighted by atomic mass is 10.2. The van der Waals surface area contributed by atoms with Crippen molar-refractivity contribution in [3.8, 4) is 0 Å². The molecule has 0 saturated heterocycles. The first-order chi connectivity index (χ1) is 9.08. The van der Waals surface area contributed by atoms with Crippen molar-refractivity contribution >= 4 is 17.3 Å². The summed E-state index contributed by atoms with van der Waals surface area (Å²) in [5, 5.41) is 13.1. The number of halogens is 1. The molecule has 0 fully saturated rings. The van der Waals surface area contributed by atoms with E-state index < -0.39 is 22.3 Å². The summed E-state index contributed by atoms with van der Waals surface area (Å²) in [4.78, 5) is 25.6. The van der Waals surface area contributed by atoms with Crippen LogP contribution in [-0.4, -0.2) is 15.8 Å². The van der Waals surface area contributed by atoms with Crippen molar-refractivity contribution in [3.63, 3.8) is 0 Å². The minimum absolute atomic E-state index is 0.0618. The zero-order valence-electron chi connectivity index (χ0n) is 9.54. The highest BCUT2D eigenvalue weighted by Crippen LogP contribution is 2.25. The third-order valence-electron chi connectivity index (χ3n) is 2.35. The van der Waals surface area contributed by atoms with Crippen molar-refractivity contribution in [2.75, 3.05) is 5.32 Å². The Balaban J connectivity index is 2.29. The third-order valence-corrected chi connectivity index (χ3v) is 2.35. The van der Waals surface area contributed by atoms with Crippen LogP contribution in [0.5, 0.6) is 0 Å². The minimum Gasteiger partial charge on any atom is -0.316 e. The lowest BCUT2D eigenvalue weighted by molar-refractivity contribution is -0.384. The summed E-state index contributed by atoms with van der Waals surface area (Å²) >= 11 is 0. The van der Waals surface area contributed by atoms with Crippen LogP contribution >= 0.6 is 0 Å². The largest absolute Gasteiger partial charge is 0.316 e. The zero-order valence-corrected chi connectivity index (χ0v) is 9.54. The van der Waals surface area contributed by atoms with E-state index in [1.54, 1.807) is 0 Å². The van der Waals surface area contributed by atoms with Gasteiger partial charge in [-0.1, -0.05) is 0 Å². The number of amides is 1. The molecule has 0 saturated carbocycles. The predicted octanol–water partition coefficient (Wildman–Crippen LogP) is 2.38. The molecule has 19 heavy (non-hydrogen) atoms. The number of aromatic nitrogens is 1. The molecule has 2 rings (SSSR count). The van der Waals surface area contributed by atoms with Gasteiger partial charge in [0.15, 0.2) is 0 Å². The number of nitrogens with zero attached hydrogens (tertiary/aromatic N) is 2. The number of hydrogen-bond donors (Lipinski definition) is 1. The Morgan fingerprint density at radius 2 is 1.95 bits per heavy atom. The molecule has 1 amide bonds. The third kappa shape index (κ3) is 2.89. The second-order valence-electron chi connectivity index (χ2n) is 3.61. The molecule has 1 aromatic heterocycles. The zero-order chi connectivity index (χ0) is 13.8. The van der Waals surface area contributed by atoms with Crippen LogP contribution in [0.4, 0.5) is 15.8 Å². The molecule has 1 N–H and O–H groups in total. The van der Waals surface area contributed by atoms with Gasteiger partial charge in [-0.2, -0.15) is 0 Å². The molecule has 0 spiro atoms. The first-order valence-electron chi connectivity index (χ1n) is 5.23. The smallest absolute Gasteiger partial charge is 0.295 e. The summed E-state index contributed by atoms with van der Waals surface area (Å²) < 4.78 is 12.9. The van der Waals surface area contributed by atoms with Gasteiger partial charge in [-0.05, 0) is 24.3 Å². The summed E-state index contributed by atoms with van der Waals surface area (Å²) in [5.74, 6) is -1.27. The number of rotatable bonds is 3. The van der Waals surface area contributed by atoms with Gasteiger partial charge in [-0.15, -0.1) is 0 Å². The molecule has 7 heteroatoms. The number of carbonyl (C=O) groups is 1. The average molecular weight is 261 g/mol. The minimum atomic E-state index is -0.759. The Kier molecular flexibility index (Phi) is 3.46. The Morgan fingerprint density at radius 3 is 2.58 bits per heavy atom. The Labute approximate surface area is 107 Å². The van der Waals surface area contributed by atoms with Crippen molar-refractivity contribution in [1.82, 2.24) is 4.98 Å². The van der Waals surface area contributed by atoms with Gasteiger partial charge in [0.1, 0.15) is 11.5 Å². The van der Waals surface area contributed by atoms with Crippen molar-refractivity contribution in [2.45, 2.75) is 0 Å². The molecule has 1 heterocycles. The molecule has 1 aromatic carbocycles. The maximum Gasteiger partial charge on any atom is 0.295 e. The van der Waals surface area contributed by atoms with E-state index in [4.69, 9.17) is 0 Å². The molecule has 0 aliphatic rings. The molecule has 0 bridgehead atoms. The van der Waals surface area contributed by atoms with E-state index >= 15 is 0 Å². The fourth-order valence-electron chi connectivity index (χ4n) is 1.46. The van der Waals surface area contributed by atoms with Crippen LogP contribution < -0.4 is 5.32 Å². The van der Waals surface area contributed by atoms with E-state index in [0.29, 0.717) is 5.56 Å². The van der Waals surface area contributed by atoms with E-state index in [0.717, 1.165) is 18.2 Å². The van der Waals surface area contributed by atoms with Crippen molar-refractivity contribution in [1.29, 1.82) is 0 Å². The topological polar surface area (TPSA) is 85.1 Å². The maximum absolute atomic E-state index is 12.9. The summed E-state index contributed by atoms with van der Waals surface area (Å²) in [6.45, 7) is 0. The molecular formula is C12H8FN3O3. The van der Waals surface area contributed by atoms with Gasteiger partial charge in [0.25, 0.3) is 11.6 Å². The number of nitrogens with one attached hydrogen (secondary N) is 1. The van der Waals surface area contributed by atoms with Gasteiger partial charge in [0, 0.05) is 18.0 Å². The first kappa shape index (κ1) is 12.6. The SMILES string of the molecule is O=C(Nc1ccc(F)cc1[N+](=O)[O-])c1ccncc1. The van der Waals surface area contributed by atoms with Crippen LogP contribution in [0.2, 0.25) is 0 Å². The van der Waals surface area contributed by atoms with E-state index in [1.165, 1.54) is 24.5 Å². The Morgan fingerprint density at radius 1 is 1.26 bits per heavy atom. The summed E-state index contributed by atoms with van der Waals surface area (Å²) in [5.41, 5.74) is -0.260. The number of nitro groups is 1. The number of nitro benzene ring substituents is 1. The van der Waals surface area contributed by atoms with E-state index in [1.807, 2.05) is 0 Å². The fraction of sp³-hybridized carbons (Fsp3) is 0. The normalized spacial score (nSPS) is 9.95. The molecule has 0 aliphatic heterocycles. The highest BCUT2D eigenvalue weighted by molar-refractivity contribution is 6.05. The highest BCUT2D eigenvalue weighted by atomic mass is 19.1. The van der Waals surface area contributed by atoms with Crippen LogP contribution in [0, 0.1) is 15.9 Å². The molecule has 6 nitrogen and oxygen atoms in total. The number of pyridine rings is 1. The lowest BCUT2D eigenvalue weighted by Crippen LogP contribution is -2.13. The van der Waals surface area contributed by atoms with Crippen LogP contribution in [0.15, 0.2) is 42.7 Å². The number of anilines is 1. The molecular weight excluding hydrogens is 253 g/mol. The van der Waals surface area contributed by atoms with Crippen LogP contribution in [-0.2, 0) is 0 Å². The van der Waals surface area contributed by atoms with Gasteiger partial charge in [0.05, 0.1) is 11.0 Å². The highest BCUT2D eigenvalue weighted by Gasteiger charge is 2.17. The number of hydrogen-bond acceptors (Lipinski definition) is 4. The predicted molar refractivity (Wildman–Crippen MR) is 65.2 cm³/mol. The Bertz CT molecular complexity index is 631. The number of benzene rings is 1. The standard InChI is InChI=1S/C12H8FN3O3/c13-9-1-2-10(11(7-9)16(18)19)15-12(17)8-3-5-14-6-4-8/h1-7H,(H,15,17). The van der Waals surface area contributed by atoms with E-state index in [9.17, 15) is 19.3 Å². The van der Waals surface area contributed by atoms with Crippen molar-refractivity contribution < 1.29 is 14.1 Å². The fourth-order valence-corrected chi connectivity index (χ4v) is 1.46. The quantitative estimate of drug-likeness (QED) is 0.679. The lowest BCUT2D eigenvalue weighted by Gasteiger charge is -2.05. The molecule has 0 unspecified atom stereocenters. The van der Waals surface area contributed by atoms with Gasteiger partial charge >= 0.3 is 0 Å². The summed E-state index contributed by atoms with van der Waals surface area (Å²) in [6.07, 6.45) is 2.85. The second-order valence-corrected chi connectivity index (χ2v) is 3.61. The molecule has 2 aromatic rings. The number of carbonyl (C=O) groups excluding carboxylic acids is 1. The van der Waals surface area contributed by atoms with Gasteiger partial charge in [0.2, 0.25) is 0 Å².